The van der Waals surface area contributed by atoms with Crippen LogP contribution in [0.2, 0.25) is 5.02 Å². The van der Waals surface area contributed by atoms with E-state index in [1.807, 2.05) is 21.6 Å². The van der Waals surface area contributed by atoms with Gasteiger partial charge in [0.25, 0.3) is 5.91 Å². The van der Waals surface area contributed by atoms with Crippen LogP contribution in [-0.2, 0) is 16.1 Å². The van der Waals surface area contributed by atoms with Crippen LogP contribution in [-0.4, -0.2) is 49.4 Å². The van der Waals surface area contributed by atoms with Crippen molar-refractivity contribution >= 4 is 57.1 Å². The van der Waals surface area contributed by atoms with Gasteiger partial charge in [-0.3, -0.25) is 14.6 Å². The monoisotopic (exact) mass is 665 g/mol. The van der Waals surface area contributed by atoms with Gasteiger partial charge in [-0.2, -0.15) is 0 Å². The first kappa shape index (κ1) is 28.3. The van der Waals surface area contributed by atoms with Crippen molar-refractivity contribution in [3.8, 4) is 11.1 Å². The third-order valence-electron chi connectivity index (χ3n) is 7.64. The Morgan fingerprint density at radius 2 is 1.85 bits per heavy atom. The Hall–Kier alpha value is -2.20. The zero-order valence-electron chi connectivity index (χ0n) is 22.0. The standard InChI is InChI=1S/C30H34ClFIN3O3/c31-23-14-11-20(17-24(23)32)27-28-25(9-8-16-34-28)35-18-22(36(21-12-13-21)30(38)29(27)35)19-39-26(37)10-6-4-2-1-3-5-7-15-33/h8-9,11,14,16-17,21-22H,1-7,10,12-13,15,18-19H2. The Bertz CT molecular complexity index is 1340. The number of carbonyl (C=O) groups excluding carboxylic acids is 2. The number of aromatic nitrogens is 2. The number of rotatable bonds is 13. The molecule has 2 aliphatic rings. The fourth-order valence-corrected chi connectivity index (χ4v) is 6.21. The molecule has 0 N–H and O–H groups in total. The number of hydrogen-bond donors (Lipinski definition) is 0. The van der Waals surface area contributed by atoms with E-state index < -0.39 is 5.82 Å². The fraction of sp³-hybridized carbons (Fsp3) is 0.500. The number of halogens is 3. The number of benzene rings is 1. The first-order chi connectivity index (χ1) is 19.0. The summed E-state index contributed by atoms with van der Waals surface area (Å²) in [5.74, 6) is -0.873. The second kappa shape index (κ2) is 13.0. The molecule has 1 unspecified atom stereocenters. The maximum atomic E-state index is 14.4. The molecule has 0 radical (unpaired) electrons. The van der Waals surface area contributed by atoms with Gasteiger partial charge < -0.3 is 14.2 Å². The number of unbranched alkanes of at least 4 members (excludes halogenated alkanes) is 6. The van der Waals surface area contributed by atoms with Crippen LogP contribution >= 0.6 is 34.2 Å². The highest BCUT2D eigenvalue weighted by Crippen LogP contribution is 2.41. The molecular weight excluding hydrogens is 632 g/mol. The van der Waals surface area contributed by atoms with E-state index in [-0.39, 0.29) is 35.6 Å². The molecule has 0 bridgehead atoms. The maximum Gasteiger partial charge on any atom is 0.305 e. The van der Waals surface area contributed by atoms with E-state index in [0.717, 1.165) is 37.6 Å². The van der Waals surface area contributed by atoms with Gasteiger partial charge in [0, 0.05) is 30.8 Å². The van der Waals surface area contributed by atoms with E-state index in [4.69, 9.17) is 16.3 Å². The first-order valence-corrected chi connectivity index (χ1v) is 15.9. The topological polar surface area (TPSA) is 64.4 Å². The summed E-state index contributed by atoms with van der Waals surface area (Å²) in [6.07, 6.45) is 12.0. The summed E-state index contributed by atoms with van der Waals surface area (Å²) in [5.41, 5.74) is 3.12. The van der Waals surface area contributed by atoms with Crippen molar-refractivity contribution in [1.29, 1.82) is 0 Å². The van der Waals surface area contributed by atoms with E-state index in [1.165, 1.54) is 42.2 Å². The van der Waals surface area contributed by atoms with E-state index in [0.29, 0.717) is 35.3 Å². The van der Waals surface area contributed by atoms with Gasteiger partial charge in [-0.1, -0.05) is 72.4 Å². The van der Waals surface area contributed by atoms with Crippen LogP contribution < -0.4 is 0 Å². The molecule has 39 heavy (non-hydrogen) atoms. The molecule has 6 nitrogen and oxygen atoms in total. The molecule has 2 aromatic heterocycles. The van der Waals surface area contributed by atoms with Gasteiger partial charge in [-0.05, 0) is 59.9 Å². The lowest BCUT2D eigenvalue weighted by Gasteiger charge is -2.37. The number of amides is 1. The van der Waals surface area contributed by atoms with Crippen LogP contribution in [0.3, 0.4) is 0 Å². The predicted molar refractivity (Wildman–Crippen MR) is 160 cm³/mol. The molecule has 3 heterocycles. The molecule has 1 fully saturated rings. The van der Waals surface area contributed by atoms with Crippen molar-refractivity contribution < 1.29 is 18.7 Å². The highest BCUT2D eigenvalue weighted by molar-refractivity contribution is 14.1. The van der Waals surface area contributed by atoms with Gasteiger partial charge >= 0.3 is 5.97 Å². The number of nitrogens with zero attached hydrogens (tertiary/aromatic N) is 3. The van der Waals surface area contributed by atoms with Crippen molar-refractivity contribution in [3.05, 3.63) is 53.1 Å². The quantitative estimate of drug-likeness (QED) is 0.0818. The van der Waals surface area contributed by atoms with Gasteiger partial charge in [0.05, 0.1) is 22.1 Å². The van der Waals surface area contributed by atoms with Crippen LogP contribution in [0.5, 0.6) is 0 Å². The van der Waals surface area contributed by atoms with Gasteiger partial charge in [-0.15, -0.1) is 0 Å². The summed E-state index contributed by atoms with van der Waals surface area (Å²) >= 11 is 8.36. The number of alkyl halides is 1. The number of fused-ring (bicyclic) bond motifs is 3. The van der Waals surface area contributed by atoms with Crippen LogP contribution in [0.1, 0.15) is 74.7 Å². The van der Waals surface area contributed by atoms with E-state index >= 15 is 0 Å². The first-order valence-electron chi connectivity index (χ1n) is 14.0. The van der Waals surface area contributed by atoms with Crippen molar-refractivity contribution in [2.24, 2.45) is 0 Å². The molecule has 208 valence electrons. The zero-order chi connectivity index (χ0) is 27.4. The molecule has 1 aliphatic heterocycles. The van der Waals surface area contributed by atoms with Crippen molar-refractivity contribution in [2.45, 2.75) is 82.8 Å². The SMILES string of the molecule is O=C(CCCCCCCCCI)OCC1Cn2c(c(-c3ccc(Cl)c(F)c3)c3ncccc32)C(=O)N1C1CC1. The van der Waals surface area contributed by atoms with Crippen LogP contribution in [0.15, 0.2) is 36.5 Å². The zero-order valence-corrected chi connectivity index (χ0v) is 24.9. The average Bonchev–Trinajstić information content (AvgIpc) is 3.72. The summed E-state index contributed by atoms with van der Waals surface area (Å²) < 4.78 is 23.3. The Balaban J connectivity index is 1.30. The summed E-state index contributed by atoms with van der Waals surface area (Å²) in [6.45, 7) is 0.655. The highest BCUT2D eigenvalue weighted by Gasteiger charge is 2.44. The second-order valence-electron chi connectivity index (χ2n) is 10.5. The minimum absolute atomic E-state index is 0.0311. The highest BCUT2D eigenvalue weighted by atomic mass is 127. The molecule has 0 saturated heterocycles. The molecule has 1 aliphatic carbocycles. The number of pyridine rings is 1. The summed E-state index contributed by atoms with van der Waals surface area (Å²) in [4.78, 5) is 33.0. The Morgan fingerprint density at radius 1 is 1.10 bits per heavy atom. The molecule has 1 aromatic carbocycles. The summed E-state index contributed by atoms with van der Waals surface area (Å²) in [5, 5.41) is 0.0311. The molecular formula is C30H34ClFIN3O3. The van der Waals surface area contributed by atoms with Gasteiger partial charge in [0.1, 0.15) is 18.1 Å². The van der Waals surface area contributed by atoms with Crippen LogP contribution in [0.4, 0.5) is 4.39 Å². The van der Waals surface area contributed by atoms with E-state index in [9.17, 15) is 14.0 Å². The lowest BCUT2D eigenvalue weighted by molar-refractivity contribution is -0.145. The third kappa shape index (κ3) is 6.42. The minimum atomic E-state index is -0.540. The number of ether oxygens (including phenoxy) is 1. The molecule has 5 rings (SSSR count). The van der Waals surface area contributed by atoms with E-state index in [1.54, 1.807) is 12.3 Å². The Morgan fingerprint density at radius 3 is 2.56 bits per heavy atom. The summed E-state index contributed by atoms with van der Waals surface area (Å²) in [6, 6.07) is 8.22. The Labute approximate surface area is 247 Å². The average molecular weight is 666 g/mol. The second-order valence-corrected chi connectivity index (χ2v) is 12.0. The van der Waals surface area contributed by atoms with Crippen molar-refractivity contribution in [1.82, 2.24) is 14.5 Å². The normalized spacial score (nSPS) is 17.1. The molecule has 3 aromatic rings. The maximum absolute atomic E-state index is 14.4. The minimum Gasteiger partial charge on any atom is -0.463 e. The smallest absolute Gasteiger partial charge is 0.305 e. The molecule has 1 saturated carbocycles. The summed E-state index contributed by atoms with van der Waals surface area (Å²) in [7, 11) is 0. The lowest BCUT2D eigenvalue weighted by Crippen LogP contribution is -2.51. The Kier molecular flexibility index (Phi) is 9.43. The fourth-order valence-electron chi connectivity index (χ4n) is 5.56. The molecule has 1 atom stereocenters. The largest absolute Gasteiger partial charge is 0.463 e. The number of carbonyl (C=O) groups is 2. The third-order valence-corrected chi connectivity index (χ3v) is 8.71. The molecule has 1 amide bonds. The molecule has 9 heteroatoms. The van der Waals surface area contributed by atoms with Gasteiger partial charge in [0.2, 0.25) is 0 Å². The van der Waals surface area contributed by atoms with Gasteiger partial charge in [-0.25, -0.2) is 4.39 Å². The van der Waals surface area contributed by atoms with E-state index in [2.05, 4.69) is 27.6 Å². The van der Waals surface area contributed by atoms with Crippen LogP contribution in [0.25, 0.3) is 22.2 Å². The lowest BCUT2D eigenvalue weighted by atomic mass is 10.0. The van der Waals surface area contributed by atoms with Crippen LogP contribution in [0, 0.1) is 5.82 Å². The van der Waals surface area contributed by atoms with Gasteiger partial charge in [0.15, 0.2) is 0 Å². The number of hydrogen-bond acceptors (Lipinski definition) is 4. The molecule has 0 spiro atoms. The van der Waals surface area contributed by atoms with Crippen molar-refractivity contribution in [2.75, 3.05) is 11.0 Å². The predicted octanol–water partition coefficient (Wildman–Crippen LogP) is 7.58. The number of esters is 1. The van der Waals surface area contributed by atoms with Crippen molar-refractivity contribution in [3.63, 3.8) is 0 Å².